The molecule has 0 bridgehead atoms. The fourth-order valence-electron chi connectivity index (χ4n) is 5.11. The Kier molecular flexibility index (Phi) is 25.8. The van der Waals surface area contributed by atoms with Gasteiger partial charge in [0.05, 0.1) is 6.04 Å². The molecule has 0 saturated heterocycles. The van der Waals surface area contributed by atoms with Gasteiger partial charge in [-0.25, -0.2) is 0 Å². The van der Waals surface area contributed by atoms with Crippen molar-refractivity contribution in [1.82, 2.24) is 26.6 Å². The molecule has 0 aliphatic heterocycles. The van der Waals surface area contributed by atoms with Gasteiger partial charge in [0.2, 0.25) is 29.5 Å². The lowest BCUT2D eigenvalue weighted by atomic mass is 10.0. The number of hydrogen-bond acceptors (Lipinski definition) is 11. The van der Waals surface area contributed by atoms with E-state index in [0.717, 1.165) is 0 Å². The molecule has 0 aliphatic carbocycles. The van der Waals surface area contributed by atoms with Crippen molar-refractivity contribution < 1.29 is 24.0 Å². The highest BCUT2D eigenvalue weighted by atomic mass is 16.2. The Morgan fingerprint density at radius 1 is 0.368 bits per heavy atom. The highest BCUT2D eigenvalue weighted by Gasteiger charge is 2.31. The van der Waals surface area contributed by atoms with E-state index < -0.39 is 59.7 Å². The Balaban J connectivity index is 6.42. The van der Waals surface area contributed by atoms with E-state index in [0.29, 0.717) is 19.3 Å². The first-order valence-corrected chi connectivity index (χ1v) is 18.3. The van der Waals surface area contributed by atoms with Crippen molar-refractivity contribution in [2.24, 2.45) is 88.0 Å². The summed E-state index contributed by atoms with van der Waals surface area (Å²) in [6.07, 6.45) is 2.00. The SMILES string of the molecule is CN[C@@H](CCCN=C(N)N)C(=O)N[C@@H](CCCN=C(N)N)C(=O)N[C@@H](CCCN=C(N)N)C(=O)N[C@@H](CCCN=C(N)N)C(=O)N[C@@H](CCCN=C(N)N)C(N)=O. The van der Waals surface area contributed by atoms with Crippen molar-refractivity contribution in [3.8, 4) is 0 Å². The number of likely N-dealkylation sites (N-methyl/N-ethyl adjacent to an activating group) is 1. The molecule has 5 atom stereocenters. The molecular weight excluding hydrogens is 746 g/mol. The number of carbonyl (C=O) groups excluding carboxylic acids is 5. The maximum absolute atomic E-state index is 13.9. The number of nitrogens with two attached hydrogens (primary N) is 11. The number of hydrogen-bond donors (Lipinski definition) is 16. The van der Waals surface area contributed by atoms with Crippen LogP contribution in [0.5, 0.6) is 0 Å². The summed E-state index contributed by atoms with van der Waals surface area (Å²) in [6, 6.07) is -5.51. The number of rotatable bonds is 30. The summed E-state index contributed by atoms with van der Waals surface area (Å²) in [5, 5.41) is 13.5. The van der Waals surface area contributed by atoms with Crippen LogP contribution >= 0.6 is 0 Å². The molecule has 0 radical (unpaired) electrons. The summed E-state index contributed by atoms with van der Waals surface area (Å²) in [5.74, 6) is -4.29. The summed E-state index contributed by atoms with van der Waals surface area (Å²) >= 11 is 0. The predicted molar refractivity (Wildman–Crippen MR) is 219 cm³/mol. The van der Waals surface area contributed by atoms with Crippen molar-refractivity contribution >= 4 is 59.3 Å². The van der Waals surface area contributed by atoms with Crippen LogP contribution in [0.15, 0.2) is 25.0 Å². The molecule has 0 rings (SSSR count). The Morgan fingerprint density at radius 3 is 0.807 bits per heavy atom. The third kappa shape index (κ3) is 25.4. The van der Waals surface area contributed by atoms with Crippen LogP contribution < -0.4 is 89.7 Å². The van der Waals surface area contributed by atoms with E-state index in [-0.39, 0.29) is 107 Å². The van der Waals surface area contributed by atoms with E-state index in [4.69, 9.17) is 63.1 Å². The van der Waals surface area contributed by atoms with Crippen LogP contribution in [0, 0.1) is 0 Å². The molecule has 26 nitrogen and oxygen atoms in total. The molecule has 0 spiro atoms. The third-order valence-corrected chi connectivity index (χ3v) is 7.95. The average Bonchev–Trinajstić information content (AvgIpc) is 3.12. The first kappa shape index (κ1) is 50.7. The minimum atomic E-state index is -1.26. The van der Waals surface area contributed by atoms with Crippen LogP contribution in [0.2, 0.25) is 0 Å². The van der Waals surface area contributed by atoms with Crippen molar-refractivity contribution in [2.45, 2.75) is 94.4 Å². The van der Waals surface area contributed by atoms with Crippen molar-refractivity contribution in [3.05, 3.63) is 0 Å². The second-order valence-electron chi connectivity index (χ2n) is 12.7. The fraction of sp³-hybridized carbons (Fsp3) is 0.677. The predicted octanol–water partition coefficient (Wildman–Crippen LogP) is -7.73. The van der Waals surface area contributed by atoms with Crippen LogP contribution in [-0.4, -0.2) is 129 Å². The Morgan fingerprint density at radius 2 is 0.579 bits per heavy atom. The summed E-state index contributed by atoms with van der Waals surface area (Å²) in [5.41, 5.74) is 59.7. The van der Waals surface area contributed by atoms with E-state index in [2.05, 4.69) is 51.5 Å². The molecular formula is C31H65N21O5. The summed E-state index contributed by atoms with van der Waals surface area (Å²) in [6.45, 7) is 0.819. The molecule has 0 aromatic heterocycles. The molecule has 0 fully saturated rings. The van der Waals surface area contributed by atoms with Gasteiger partial charge in [0, 0.05) is 32.7 Å². The molecule has 26 heteroatoms. The number of amides is 5. The molecule has 0 aromatic rings. The monoisotopic (exact) mass is 812 g/mol. The van der Waals surface area contributed by atoms with Crippen LogP contribution in [0.4, 0.5) is 0 Å². The van der Waals surface area contributed by atoms with Crippen molar-refractivity contribution in [2.75, 3.05) is 39.8 Å². The van der Waals surface area contributed by atoms with Gasteiger partial charge in [-0.15, -0.1) is 0 Å². The van der Waals surface area contributed by atoms with Gasteiger partial charge in [-0.05, 0) is 71.3 Å². The molecule has 27 N–H and O–H groups in total. The lowest BCUT2D eigenvalue weighted by Gasteiger charge is -2.27. The molecule has 57 heavy (non-hydrogen) atoms. The maximum Gasteiger partial charge on any atom is 0.243 e. The second-order valence-corrected chi connectivity index (χ2v) is 12.7. The normalized spacial score (nSPS) is 13.1. The van der Waals surface area contributed by atoms with Gasteiger partial charge in [-0.2, -0.15) is 0 Å². The van der Waals surface area contributed by atoms with Gasteiger partial charge in [-0.1, -0.05) is 0 Å². The Bertz CT molecular complexity index is 1420. The zero-order valence-electron chi connectivity index (χ0n) is 32.6. The standard InChI is InChI=1S/C31H65N21O5/c1-43-18(8-3-13-45-28(35)36)23(54)50-20(10-5-15-47-30(39)40)25(56)52-21(11-6-16-48-31(41)42)26(57)51-19(9-4-14-46-29(37)38)24(55)49-17(22(32)53)7-2-12-44-27(33)34/h17-21,43H,2-16H2,1H3,(H2,32,53)(H,49,55)(H,50,54)(H,51,57)(H,52,56)(H4,33,34,44)(H4,35,36,45)(H4,37,38,46)(H4,39,40,47)(H4,41,42,48)/t17-,18-,19-,20-,21-/m0/s1. The van der Waals surface area contributed by atoms with Gasteiger partial charge in [0.15, 0.2) is 29.8 Å². The van der Waals surface area contributed by atoms with Gasteiger partial charge in [0.25, 0.3) is 0 Å². The highest BCUT2D eigenvalue weighted by Crippen LogP contribution is 2.08. The van der Waals surface area contributed by atoms with Crippen LogP contribution in [0.1, 0.15) is 64.2 Å². The number of carbonyl (C=O) groups is 5. The number of nitrogens with zero attached hydrogens (tertiary/aromatic N) is 5. The smallest absolute Gasteiger partial charge is 0.243 e. The summed E-state index contributed by atoms with van der Waals surface area (Å²) < 4.78 is 0. The second kappa shape index (κ2) is 29.0. The quantitative estimate of drug-likeness (QED) is 0.0182. The zero-order valence-corrected chi connectivity index (χ0v) is 32.6. The summed E-state index contributed by atoms with van der Waals surface area (Å²) in [4.78, 5) is 86.5. The van der Waals surface area contributed by atoms with Crippen LogP contribution in [0.3, 0.4) is 0 Å². The highest BCUT2D eigenvalue weighted by molar-refractivity contribution is 5.95. The molecule has 0 heterocycles. The van der Waals surface area contributed by atoms with E-state index in [1.165, 1.54) is 0 Å². The topological polar surface area (TPSA) is 494 Å². The number of aliphatic imine (C=N–C) groups is 5. The van der Waals surface area contributed by atoms with Gasteiger partial charge in [-0.3, -0.25) is 48.9 Å². The molecule has 0 saturated carbocycles. The first-order valence-electron chi connectivity index (χ1n) is 18.3. The third-order valence-electron chi connectivity index (χ3n) is 7.95. The maximum atomic E-state index is 13.9. The van der Waals surface area contributed by atoms with E-state index in [1.54, 1.807) is 7.05 Å². The molecule has 5 amide bonds. The van der Waals surface area contributed by atoms with Gasteiger partial charge in [0.1, 0.15) is 24.2 Å². The van der Waals surface area contributed by atoms with E-state index in [1.807, 2.05) is 0 Å². The van der Waals surface area contributed by atoms with E-state index >= 15 is 0 Å². The number of primary amides is 1. The molecule has 324 valence electrons. The first-order chi connectivity index (χ1) is 26.9. The molecule has 0 unspecified atom stereocenters. The zero-order chi connectivity index (χ0) is 43.3. The number of nitrogens with one attached hydrogen (secondary N) is 5. The van der Waals surface area contributed by atoms with Crippen LogP contribution in [-0.2, 0) is 24.0 Å². The van der Waals surface area contributed by atoms with Crippen LogP contribution in [0.25, 0.3) is 0 Å². The minimum absolute atomic E-state index is 0.00396. The largest absolute Gasteiger partial charge is 0.370 e. The van der Waals surface area contributed by atoms with Gasteiger partial charge < -0.3 is 89.7 Å². The fourth-order valence-corrected chi connectivity index (χ4v) is 5.11. The van der Waals surface area contributed by atoms with Gasteiger partial charge >= 0.3 is 0 Å². The molecule has 0 aliphatic rings. The summed E-state index contributed by atoms with van der Waals surface area (Å²) in [7, 11) is 1.58. The minimum Gasteiger partial charge on any atom is -0.370 e. The van der Waals surface area contributed by atoms with Crippen molar-refractivity contribution in [1.29, 1.82) is 0 Å². The Hall–Kier alpha value is -6.34. The van der Waals surface area contributed by atoms with Crippen molar-refractivity contribution in [3.63, 3.8) is 0 Å². The number of guanidine groups is 5. The molecule has 0 aromatic carbocycles. The average molecular weight is 812 g/mol. The lowest BCUT2D eigenvalue weighted by molar-refractivity contribution is -0.135. The van der Waals surface area contributed by atoms with E-state index in [9.17, 15) is 24.0 Å². The lowest BCUT2D eigenvalue weighted by Crippen LogP contribution is -2.58. The Labute approximate surface area is 331 Å².